The number of aryl methyl sites for hydroxylation is 1. The van der Waals surface area contributed by atoms with Gasteiger partial charge in [0.15, 0.2) is 11.5 Å². The van der Waals surface area contributed by atoms with Crippen LogP contribution in [0.5, 0.6) is 11.9 Å². The van der Waals surface area contributed by atoms with E-state index in [9.17, 15) is 13.2 Å². The molecule has 0 amide bonds. The van der Waals surface area contributed by atoms with Gasteiger partial charge in [-0.25, -0.2) is 23.7 Å². The van der Waals surface area contributed by atoms with Gasteiger partial charge in [0.1, 0.15) is 36.1 Å². The molecule has 296 valence electrons. The largest absolute Gasteiger partial charge is 0.475 e. The standard InChI is InChI=1S/C42H41F5N8O2/c1-3-26-28(43)13-12-24-8-5-9-27(34(24)26)37-36(44)38-35-30(51-37)10-6-11-31-29(4-2)48-17-19-54(31)39(35)53-40(52-38)57-23-41-15-7-18-55(41)25(14-16-41)22-56-33-21-49-32(20-50-33)42(45,46)47/h1,5,8-9,12-13,20-21,25,29,31,48H,4,6-7,10-11,14-19,22-23H2,2H3/t25-,29-,31+,41-/m0/s1. The average molecular weight is 785 g/mol. The highest BCUT2D eigenvalue weighted by atomic mass is 19.4. The van der Waals surface area contributed by atoms with Crippen LogP contribution >= 0.6 is 0 Å². The summed E-state index contributed by atoms with van der Waals surface area (Å²) in [5, 5.41) is 5.29. The van der Waals surface area contributed by atoms with E-state index >= 15 is 8.78 Å². The summed E-state index contributed by atoms with van der Waals surface area (Å²) in [6.45, 7) is 4.82. The Hall–Kier alpha value is -5.20. The van der Waals surface area contributed by atoms with Gasteiger partial charge in [0.25, 0.3) is 0 Å². The summed E-state index contributed by atoms with van der Waals surface area (Å²) in [6, 6.07) is 8.63. The van der Waals surface area contributed by atoms with Gasteiger partial charge in [-0.3, -0.25) is 4.90 Å². The molecule has 0 unspecified atom stereocenters. The first-order valence-electron chi connectivity index (χ1n) is 19.6. The predicted octanol–water partition coefficient (Wildman–Crippen LogP) is 7.26. The summed E-state index contributed by atoms with van der Waals surface area (Å²) < 4.78 is 83.8. The van der Waals surface area contributed by atoms with Crippen LogP contribution in [0.2, 0.25) is 0 Å². The molecule has 9 rings (SSSR count). The number of halogens is 5. The Balaban J connectivity index is 1.08. The van der Waals surface area contributed by atoms with Crippen LogP contribution in [-0.4, -0.2) is 86.3 Å². The number of piperazine rings is 1. The summed E-state index contributed by atoms with van der Waals surface area (Å²) in [6.07, 6.45) is 9.42. The van der Waals surface area contributed by atoms with E-state index in [1.165, 1.54) is 6.07 Å². The molecule has 15 heteroatoms. The molecule has 2 aromatic carbocycles. The molecule has 7 heterocycles. The second-order valence-electron chi connectivity index (χ2n) is 15.4. The fourth-order valence-electron chi connectivity index (χ4n) is 9.64. The third-order valence-corrected chi connectivity index (χ3v) is 12.3. The van der Waals surface area contributed by atoms with Gasteiger partial charge in [0, 0.05) is 42.2 Å². The summed E-state index contributed by atoms with van der Waals surface area (Å²) in [5.74, 6) is 1.86. The molecule has 4 aliphatic heterocycles. The minimum atomic E-state index is -4.58. The topological polar surface area (TPSA) is 101 Å². The van der Waals surface area contributed by atoms with Crippen LogP contribution in [0.15, 0.2) is 42.7 Å². The van der Waals surface area contributed by atoms with E-state index in [2.05, 4.69) is 37.9 Å². The molecule has 0 bridgehead atoms. The number of nitrogens with zero attached hydrogens (tertiary/aromatic N) is 7. The molecule has 3 fully saturated rings. The highest BCUT2D eigenvalue weighted by Gasteiger charge is 2.50. The smallest absolute Gasteiger partial charge is 0.434 e. The van der Waals surface area contributed by atoms with Gasteiger partial charge in [0.2, 0.25) is 5.88 Å². The minimum absolute atomic E-state index is 0.0224. The number of rotatable bonds is 8. The van der Waals surface area contributed by atoms with E-state index in [1.807, 2.05) is 6.07 Å². The number of fused-ring (bicyclic) bond motifs is 4. The lowest BCUT2D eigenvalue weighted by atomic mass is 9.91. The summed E-state index contributed by atoms with van der Waals surface area (Å²) in [7, 11) is 0. The third kappa shape index (κ3) is 6.56. The van der Waals surface area contributed by atoms with Crippen molar-refractivity contribution in [2.45, 2.75) is 88.1 Å². The molecule has 4 aliphatic rings. The SMILES string of the molecule is C#Cc1c(F)ccc2cccc(-c3nc4c5c(nc(OC[C@@]67CCCN6[C@H](COc6cnc(C(F)(F)F)cn6)CC7)nc5c3F)N3CCN[C@@H](CC)[C@H]3CCC4)c12. The lowest BCUT2D eigenvalue weighted by Crippen LogP contribution is -2.58. The Morgan fingerprint density at radius 3 is 2.65 bits per heavy atom. The van der Waals surface area contributed by atoms with Crippen molar-refractivity contribution >= 4 is 27.5 Å². The highest BCUT2D eigenvalue weighted by molar-refractivity contribution is 6.02. The number of hydrogen-bond acceptors (Lipinski definition) is 10. The van der Waals surface area contributed by atoms with Crippen LogP contribution in [-0.2, 0) is 12.6 Å². The summed E-state index contributed by atoms with van der Waals surface area (Å²) in [5.41, 5.74) is -0.211. The monoisotopic (exact) mass is 784 g/mol. The highest BCUT2D eigenvalue weighted by Crippen LogP contribution is 2.44. The number of anilines is 1. The first kappa shape index (κ1) is 37.4. The molecule has 0 spiro atoms. The Bertz CT molecular complexity index is 2390. The number of ether oxygens (including phenoxy) is 2. The maximum atomic E-state index is 17.4. The normalized spacial score (nSPS) is 23.5. The first-order valence-corrected chi connectivity index (χ1v) is 19.6. The number of pyridine rings is 1. The van der Waals surface area contributed by atoms with E-state index in [0.717, 1.165) is 64.2 Å². The molecule has 0 saturated carbocycles. The Labute approximate surface area is 326 Å². The van der Waals surface area contributed by atoms with Crippen molar-refractivity contribution < 1.29 is 31.4 Å². The summed E-state index contributed by atoms with van der Waals surface area (Å²) >= 11 is 0. The van der Waals surface area contributed by atoms with Gasteiger partial charge in [0.05, 0.1) is 34.6 Å². The van der Waals surface area contributed by atoms with Gasteiger partial charge in [-0.2, -0.15) is 23.1 Å². The second-order valence-corrected chi connectivity index (χ2v) is 15.4. The summed E-state index contributed by atoms with van der Waals surface area (Å²) in [4.78, 5) is 26.7. The lowest BCUT2D eigenvalue weighted by Gasteiger charge is -2.44. The van der Waals surface area contributed by atoms with Gasteiger partial charge in [-0.05, 0) is 69.4 Å². The van der Waals surface area contributed by atoms with Gasteiger partial charge < -0.3 is 19.7 Å². The molecule has 10 nitrogen and oxygen atoms in total. The fraction of sp³-hybridized carbons (Fsp3) is 0.452. The van der Waals surface area contributed by atoms with E-state index in [-0.39, 0.29) is 65.5 Å². The molecule has 57 heavy (non-hydrogen) atoms. The zero-order chi connectivity index (χ0) is 39.5. The van der Waals surface area contributed by atoms with Crippen LogP contribution in [0.25, 0.3) is 32.9 Å². The van der Waals surface area contributed by atoms with Crippen molar-refractivity contribution in [1.82, 2.24) is 35.1 Å². The first-order chi connectivity index (χ1) is 27.6. The molecule has 0 radical (unpaired) electrons. The quantitative estimate of drug-likeness (QED) is 0.128. The average Bonchev–Trinajstić information content (AvgIpc) is 3.78. The number of aromatic nitrogens is 5. The predicted molar refractivity (Wildman–Crippen MR) is 204 cm³/mol. The number of terminal acetylenes is 1. The van der Waals surface area contributed by atoms with Gasteiger partial charge in [-0.15, -0.1) is 6.42 Å². The molecule has 5 aromatic rings. The van der Waals surface area contributed by atoms with Gasteiger partial charge >= 0.3 is 12.2 Å². The maximum Gasteiger partial charge on any atom is 0.434 e. The number of nitrogens with one attached hydrogen (secondary N) is 1. The minimum Gasteiger partial charge on any atom is -0.475 e. The maximum absolute atomic E-state index is 17.4. The zero-order valence-corrected chi connectivity index (χ0v) is 31.4. The lowest BCUT2D eigenvalue weighted by molar-refractivity contribution is -0.141. The molecule has 3 aromatic heterocycles. The van der Waals surface area contributed by atoms with Crippen molar-refractivity contribution in [3.05, 3.63) is 71.3 Å². The van der Waals surface area contributed by atoms with Crippen molar-refractivity contribution in [3.8, 4) is 35.5 Å². The van der Waals surface area contributed by atoms with Crippen LogP contribution in [0.4, 0.5) is 27.8 Å². The number of benzene rings is 2. The molecule has 3 saturated heterocycles. The Morgan fingerprint density at radius 1 is 0.982 bits per heavy atom. The van der Waals surface area contributed by atoms with E-state index in [1.54, 1.807) is 18.2 Å². The van der Waals surface area contributed by atoms with Crippen LogP contribution in [0, 0.1) is 24.0 Å². The second kappa shape index (κ2) is 14.6. The van der Waals surface area contributed by atoms with E-state index in [0.29, 0.717) is 52.4 Å². The zero-order valence-electron chi connectivity index (χ0n) is 31.4. The van der Waals surface area contributed by atoms with Crippen molar-refractivity contribution in [2.75, 3.05) is 37.7 Å². The Kier molecular flexibility index (Phi) is 9.59. The van der Waals surface area contributed by atoms with Gasteiger partial charge in [-0.1, -0.05) is 37.1 Å². The van der Waals surface area contributed by atoms with Crippen molar-refractivity contribution in [3.63, 3.8) is 0 Å². The van der Waals surface area contributed by atoms with Crippen LogP contribution < -0.4 is 19.7 Å². The van der Waals surface area contributed by atoms with E-state index < -0.39 is 23.5 Å². The molecule has 4 atom stereocenters. The number of alkyl halides is 3. The Morgan fingerprint density at radius 2 is 1.86 bits per heavy atom. The fourth-order valence-corrected chi connectivity index (χ4v) is 9.64. The molecule has 1 N–H and O–H groups in total. The van der Waals surface area contributed by atoms with Crippen LogP contribution in [0.1, 0.15) is 68.8 Å². The molecular formula is C42H41F5N8O2. The van der Waals surface area contributed by atoms with Crippen LogP contribution in [0.3, 0.4) is 0 Å². The van der Waals surface area contributed by atoms with Crippen molar-refractivity contribution in [1.29, 1.82) is 0 Å². The van der Waals surface area contributed by atoms with Crippen molar-refractivity contribution in [2.24, 2.45) is 0 Å². The number of hydrogen-bond donors (Lipinski definition) is 1. The van der Waals surface area contributed by atoms with E-state index in [4.69, 9.17) is 30.8 Å². The molecule has 0 aliphatic carbocycles. The molecular weight excluding hydrogens is 744 g/mol. The third-order valence-electron chi connectivity index (χ3n) is 12.3.